The summed E-state index contributed by atoms with van der Waals surface area (Å²) >= 11 is 0. The Balaban J connectivity index is 1.75. The summed E-state index contributed by atoms with van der Waals surface area (Å²) in [5, 5.41) is 12.4. The highest BCUT2D eigenvalue weighted by Gasteiger charge is 2.08. The highest BCUT2D eigenvalue weighted by molar-refractivity contribution is 5.95. The number of hydrogen-bond acceptors (Lipinski definition) is 2. The van der Waals surface area contributed by atoms with E-state index in [1.165, 1.54) is 11.1 Å². The SMILES string of the molecule is Cc1ccccc1/C=C/c1ccc(Nc2ccccc2C(=O)O)cc1. The first-order valence-corrected chi connectivity index (χ1v) is 8.06. The molecule has 3 aromatic rings. The van der Waals surface area contributed by atoms with E-state index in [0.29, 0.717) is 5.69 Å². The highest BCUT2D eigenvalue weighted by Crippen LogP contribution is 2.22. The molecule has 0 heterocycles. The van der Waals surface area contributed by atoms with Crippen LogP contribution >= 0.6 is 0 Å². The van der Waals surface area contributed by atoms with Crippen molar-refractivity contribution < 1.29 is 9.90 Å². The first kappa shape index (κ1) is 16.5. The van der Waals surface area contributed by atoms with Crippen LogP contribution in [0.15, 0.2) is 72.8 Å². The second-order valence-corrected chi connectivity index (χ2v) is 5.79. The number of carboxylic acids is 1. The number of hydrogen-bond donors (Lipinski definition) is 2. The Bertz CT molecular complexity index is 911. The molecule has 0 aliphatic rings. The fourth-order valence-corrected chi connectivity index (χ4v) is 2.57. The van der Waals surface area contributed by atoms with E-state index < -0.39 is 5.97 Å². The molecule has 0 saturated heterocycles. The molecule has 0 amide bonds. The zero-order valence-corrected chi connectivity index (χ0v) is 13.9. The lowest BCUT2D eigenvalue weighted by atomic mass is 10.1. The van der Waals surface area contributed by atoms with Gasteiger partial charge in [-0.1, -0.05) is 60.7 Å². The minimum Gasteiger partial charge on any atom is -0.478 e. The zero-order valence-electron chi connectivity index (χ0n) is 13.9. The van der Waals surface area contributed by atoms with Crippen molar-refractivity contribution in [2.45, 2.75) is 6.92 Å². The van der Waals surface area contributed by atoms with Crippen molar-refractivity contribution in [3.63, 3.8) is 0 Å². The van der Waals surface area contributed by atoms with Crippen molar-refractivity contribution in [2.24, 2.45) is 0 Å². The number of carboxylic acid groups (broad SMARTS) is 1. The van der Waals surface area contributed by atoms with E-state index >= 15 is 0 Å². The molecular formula is C22H19NO2. The second kappa shape index (κ2) is 7.49. The lowest BCUT2D eigenvalue weighted by Crippen LogP contribution is -2.02. The number of aryl methyl sites for hydroxylation is 1. The summed E-state index contributed by atoms with van der Waals surface area (Å²) in [4.78, 5) is 11.3. The molecule has 0 aliphatic heterocycles. The Labute approximate surface area is 147 Å². The van der Waals surface area contributed by atoms with Crippen LogP contribution < -0.4 is 5.32 Å². The maximum Gasteiger partial charge on any atom is 0.337 e. The number of aromatic carboxylic acids is 1. The summed E-state index contributed by atoms with van der Waals surface area (Å²) in [6.45, 7) is 2.09. The predicted molar refractivity (Wildman–Crippen MR) is 103 cm³/mol. The van der Waals surface area contributed by atoms with Gasteiger partial charge in [0.15, 0.2) is 0 Å². The number of anilines is 2. The van der Waals surface area contributed by atoms with Gasteiger partial charge in [0.05, 0.1) is 11.3 Å². The minimum absolute atomic E-state index is 0.256. The van der Waals surface area contributed by atoms with Gasteiger partial charge in [0.2, 0.25) is 0 Å². The van der Waals surface area contributed by atoms with Crippen molar-refractivity contribution in [3.8, 4) is 0 Å². The molecule has 124 valence electrons. The number of rotatable bonds is 5. The molecule has 25 heavy (non-hydrogen) atoms. The molecule has 0 aliphatic carbocycles. The monoisotopic (exact) mass is 329 g/mol. The van der Waals surface area contributed by atoms with Gasteiger partial charge >= 0.3 is 5.97 Å². The van der Waals surface area contributed by atoms with Crippen molar-refractivity contribution in [1.82, 2.24) is 0 Å². The van der Waals surface area contributed by atoms with Crippen LogP contribution in [0.3, 0.4) is 0 Å². The van der Waals surface area contributed by atoms with Gasteiger partial charge in [0.1, 0.15) is 0 Å². The minimum atomic E-state index is -0.944. The third-order valence-corrected chi connectivity index (χ3v) is 3.99. The summed E-state index contributed by atoms with van der Waals surface area (Å²) in [5.74, 6) is -0.944. The first-order valence-electron chi connectivity index (χ1n) is 8.06. The van der Waals surface area contributed by atoms with Crippen molar-refractivity contribution in [2.75, 3.05) is 5.32 Å². The van der Waals surface area contributed by atoms with Gasteiger partial charge in [-0.15, -0.1) is 0 Å². The molecule has 3 aromatic carbocycles. The van der Waals surface area contributed by atoms with Gasteiger partial charge in [-0.05, 0) is 47.9 Å². The lowest BCUT2D eigenvalue weighted by molar-refractivity contribution is 0.0698. The molecule has 0 spiro atoms. The summed E-state index contributed by atoms with van der Waals surface area (Å²) < 4.78 is 0. The fraction of sp³-hybridized carbons (Fsp3) is 0.0455. The van der Waals surface area contributed by atoms with Gasteiger partial charge in [-0.25, -0.2) is 4.79 Å². The van der Waals surface area contributed by atoms with Gasteiger partial charge in [0, 0.05) is 5.69 Å². The molecular weight excluding hydrogens is 310 g/mol. The van der Waals surface area contributed by atoms with Crippen molar-refractivity contribution in [1.29, 1.82) is 0 Å². The quantitative estimate of drug-likeness (QED) is 0.598. The van der Waals surface area contributed by atoms with E-state index in [0.717, 1.165) is 11.3 Å². The van der Waals surface area contributed by atoms with Crippen LogP contribution in [0.5, 0.6) is 0 Å². The van der Waals surface area contributed by atoms with Crippen molar-refractivity contribution >= 4 is 29.5 Å². The maximum absolute atomic E-state index is 11.3. The molecule has 0 fully saturated rings. The van der Waals surface area contributed by atoms with E-state index in [1.807, 2.05) is 42.5 Å². The third kappa shape index (κ3) is 4.15. The van der Waals surface area contributed by atoms with Gasteiger partial charge in [-0.2, -0.15) is 0 Å². The fourth-order valence-electron chi connectivity index (χ4n) is 2.57. The largest absolute Gasteiger partial charge is 0.478 e. The molecule has 0 bridgehead atoms. The van der Waals surface area contributed by atoms with Gasteiger partial charge < -0.3 is 10.4 Å². The number of benzene rings is 3. The topological polar surface area (TPSA) is 49.3 Å². The molecule has 0 radical (unpaired) electrons. The Morgan fingerprint density at radius 2 is 1.56 bits per heavy atom. The summed E-state index contributed by atoms with van der Waals surface area (Å²) in [7, 11) is 0. The first-order chi connectivity index (χ1) is 12.1. The Morgan fingerprint density at radius 1 is 0.880 bits per heavy atom. The molecule has 0 aromatic heterocycles. The van der Waals surface area contributed by atoms with Crippen LogP contribution in [0.1, 0.15) is 27.0 Å². The highest BCUT2D eigenvalue weighted by atomic mass is 16.4. The Morgan fingerprint density at radius 3 is 2.28 bits per heavy atom. The summed E-state index contributed by atoms with van der Waals surface area (Å²) in [6.07, 6.45) is 4.16. The molecule has 0 unspecified atom stereocenters. The van der Waals surface area contributed by atoms with Crippen LogP contribution in [0.25, 0.3) is 12.2 Å². The number of nitrogens with one attached hydrogen (secondary N) is 1. The zero-order chi connectivity index (χ0) is 17.6. The van der Waals surface area contributed by atoms with Crippen LogP contribution in [0.2, 0.25) is 0 Å². The van der Waals surface area contributed by atoms with E-state index in [4.69, 9.17) is 0 Å². The molecule has 3 rings (SSSR count). The average Bonchev–Trinajstić information content (AvgIpc) is 2.62. The van der Waals surface area contributed by atoms with E-state index in [2.05, 4.69) is 36.5 Å². The van der Waals surface area contributed by atoms with E-state index in [9.17, 15) is 9.90 Å². The molecule has 0 saturated carbocycles. The maximum atomic E-state index is 11.3. The van der Waals surface area contributed by atoms with Crippen LogP contribution in [0.4, 0.5) is 11.4 Å². The molecule has 0 atom stereocenters. The second-order valence-electron chi connectivity index (χ2n) is 5.79. The Hall–Kier alpha value is -3.33. The lowest BCUT2D eigenvalue weighted by Gasteiger charge is -2.09. The molecule has 3 nitrogen and oxygen atoms in total. The van der Waals surface area contributed by atoms with Gasteiger partial charge in [0.25, 0.3) is 0 Å². The van der Waals surface area contributed by atoms with Crippen LogP contribution in [0, 0.1) is 6.92 Å². The molecule has 2 N–H and O–H groups in total. The smallest absolute Gasteiger partial charge is 0.337 e. The Kier molecular flexibility index (Phi) is 4.95. The summed E-state index contributed by atoms with van der Waals surface area (Å²) in [6, 6.07) is 23.0. The predicted octanol–water partition coefficient (Wildman–Crippen LogP) is 5.61. The van der Waals surface area contributed by atoms with Crippen molar-refractivity contribution in [3.05, 3.63) is 95.1 Å². The van der Waals surface area contributed by atoms with Gasteiger partial charge in [-0.3, -0.25) is 0 Å². The number of carbonyl (C=O) groups is 1. The summed E-state index contributed by atoms with van der Waals surface area (Å²) in [5.41, 5.74) is 5.20. The van der Waals surface area contributed by atoms with E-state index in [1.54, 1.807) is 18.2 Å². The average molecular weight is 329 g/mol. The normalized spacial score (nSPS) is 10.8. The van der Waals surface area contributed by atoms with E-state index in [-0.39, 0.29) is 5.56 Å². The molecule has 3 heteroatoms. The van der Waals surface area contributed by atoms with Crippen LogP contribution in [-0.2, 0) is 0 Å². The standard InChI is InChI=1S/C22H19NO2/c1-16-6-2-3-7-18(16)13-10-17-11-14-19(15-12-17)23-21-9-5-4-8-20(21)22(24)25/h2-15,23H,1H3,(H,24,25)/b13-10+. The van der Waals surface area contributed by atoms with Crippen LogP contribution in [-0.4, -0.2) is 11.1 Å². The number of para-hydroxylation sites is 1. The third-order valence-electron chi connectivity index (χ3n) is 3.99.